The Morgan fingerprint density at radius 2 is 2.04 bits per heavy atom. The molecule has 1 aliphatic rings. The normalized spacial score (nSPS) is 16.4. The van der Waals surface area contributed by atoms with Crippen LogP contribution in [0.4, 0.5) is 10.2 Å². The lowest BCUT2D eigenvalue weighted by molar-refractivity contribution is 0.0940. The van der Waals surface area contributed by atoms with Gasteiger partial charge in [-0.3, -0.25) is 9.89 Å². The van der Waals surface area contributed by atoms with Crippen molar-refractivity contribution in [2.24, 2.45) is 0 Å². The summed E-state index contributed by atoms with van der Waals surface area (Å²) in [5.74, 6) is 0.213. The van der Waals surface area contributed by atoms with E-state index in [9.17, 15) is 9.18 Å². The van der Waals surface area contributed by atoms with Crippen LogP contribution in [0.15, 0.2) is 48.5 Å². The summed E-state index contributed by atoms with van der Waals surface area (Å²) in [6, 6.07) is 14.1. The lowest BCUT2D eigenvalue weighted by atomic mass is 10.1. The zero-order valence-electron chi connectivity index (χ0n) is 15.4. The number of benzene rings is 2. The van der Waals surface area contributed by atoms with Crippen LogP contribution >= 0.6 is 11.6 Å². The molecule has 2 aromatic carbocycles. The van der Waals surface area contributed by atoms with Crippen molar-refractivity contribution in [3.05, 3.63) is 70.5 Å². The van der Waals surface area contributed by atoms with Gasteiger partial charge in [-0.2, -0.15) is 5.10 Å². The number of halogens is 2. The van der Waals surface area contributed by atoms with Gasteiger partial charge in [0.2, 0.25) is 0 Å². The predicted molar refractivity (Wildman–Crippen MR) is 108 cm³/mol. The van der Waals surface area contributed by atoms with Crippen molar-refractivity contribution in [2.75, 3.05) is 18.0 Å². The summed E-state index contributed by atoms with van der Waals surface area (Å²) >= 11 is 5.94. The Bertz CT molecular complexity index is 1000. The highest BCUT2D eigenvalue weighted by atomic mass is 35.5. The Morgan fingerprint density at radius 3 is 2.79 bits per heavy atom. The van der Waals surface area contributed by atoms with Crippen molar-refractivity contribution >= 4 is 23.3 Å². The second-order valence-corrected chi connectivity index (χ2v) is 7.45. The van der Waals surface area contributed by atoms with Crippen LogP contribution in [0.2, 0.25) is 5.02 Å². The first kappa shape index (κ1) is 18.5. The van der Waals surface area contributed by atoms with Crippen LogP contribution < -0.4 is 10.2 Å². The van der Waals surface area contributed by atoms with E-state index < -0.39 is 0 Å². The molecule has 1 aliphatic heterocycles. The van der Waals surface area contributed by atoms with Crippen LogP contribution in [0, 0.1) is 12.7 Å². The third kappa shape index (κ3) is 3.87. The van der Waals surface area contributed by atoms with Crippen molar-refractivity contribution in [1.82, 2.24) is 15.5 Å². The number of anilines is 1. The maximum Gasteiger partial charge on any atom is 0.251 e. The summed E-state index contributed by atoms with van der Waals surface area (Å²) in [4.78, 5) is 14.5. The molecule has 144 valence electrons. The van der Waals surface area contributed by atoms with Gasteiger partial charge in [-0.15, -0.1) is 0 Å². The molecule has 0 bridgehead atoms. The summed E-state index contributed by atoms with van der Waals surface area (Å²) < 4.78 is 13.7. The fourth-order valence-corrected chi connectivity index (χ4v) is 3.47. The quantitative estimate of drug-likeness (QED) is 0.692. The van der Waals surface area contributed by atoms with E-state index in [2.05, 4.69) is 20.4 Å². The Kier molecular flexibility index (Phi) is 5.05. The number of nitrogens with zero attached hydrogens (tertiary/aromatic N) is 2. The van der Waals surface area contributed by atoms with Crippen LogP contribution in [0.3, 0.4) is 0 Å². The first-order valence-electron chi connectivity index (χ1n) is 9.13. The van der Waals surface area contributed by atoms with E-state index in [1.165, 1.54) is 6.07 Å². The third-order valence-electron chi connectivity index (χ3n) is 5.00. The number of amides is 1. The minimum Gasteiger partial charge on any atom is -0.353 e. The molecule has 1 atom stereocenters. The number of aromatic amines is 1. The molecule has 0 spiro atoms. The van der Waals surface area contributed by atoms with Crippen LogP contribution in [0.5, 0.6) is 0 Å². The molecule has 4 rings (SSSR count). The highest BCUT2D eigenvalue weighted by Crippen LogP contribution is 2.25. The molecular formula is C21H20ClFN4O. The van der Waals surface area contributed by atoms with Crippen molar-refractivity contribution in [1.29, 1.82) is 0 Å². The number of H-pyrrole nitrogens is 1. The molecule has 1 saturated heterocycles. The molecule has 1 fully saturated rings. The molecule has 28 heavy (non-hydrogen) atoms. The van der Waals surface area contributed by atoms with Crippen molar-refractivity contribution < 1.29 is 9.18 Å². The second kappa shape index (κ2) is 7.64. The Hall–Kier alpha value is -2.86. The summed E-state index contributed by atoms with van der Waals surface area (Å²) in [5, 5.41) is 11.1. The molecule has 1 aromatic heterocycles. The number of hydrogen-bond donors (Lipinski definition) is 2. The van der Waals surface area contributed by atoms with Gasteiger partial charge in [0, 0.05) is 35.8 Å². The van der Waals surface area contributed by atoms with Gasteiger partial charge in [-0.25, -0.2) is 4.39 Å². The van der Waals surface area contributed by atoms with Gasteiger partial charge in [0.25, 0.3) is 5.91 Å². The lowest BCUT2D eigenvalue weighted by Crippen LogP contribution is -2.37. The van der Waals surface area contributed by atoms with Crippen molar-refractivity contribution in [2.45, 2.75) is 19.4 Å². The number of hydrogen-bond acceptors (Lipinski definition) is 3. The number of carbonyl (C=O) groups excluding carboxylic acids is 1. The molecular weight excluding hydrogens is 379 g/mol. The number of rotatable bonds is 4. The first-order chi connectivity index (χ1) is 13.5. The van der Waals surface area contributed by atoms with Gasteiger partial charge in [0.15, 0.2) is 5.82 Å². The van der Waals surface area contributed by atoms with Crippen LogP contribution in [-0.2, 0) is 0 Å². The van der Waals surface area contributed by atoms with Gasteiger partial charge >= 0.3 is 0 Å². The third-order valence-corrected chi connectivity index (χ3v) is 5.25. The number of carbonyl (C=O) groups is 1. The first-order valence-corrected chi connectivity index (χ1v) is 9.51. The monoisotopic (exact) mass is 398 g/mol. The summed E-state index contributed by atoms with van der Waals surface area (Å²) in [7, 11) is 0. The minimum atomic E-state index is -0.369. The Balaban J connectivity index is 1.39. The van der Waals surface area contributed by atoms with Gasteiger partial charge in [-0.05, 0) is 48.7 Å². The maximum atomic E-state index is 13.7. The molecule has 7 heteroatoms. The fraction of sp³-hybridized carbons (Fsp3) is 0.238. The van der Waals surface area contributed by atoms with Crippen molar-refractivity contribution in [3.63, 3.8) is 0 Å². The van der Waals surface area contributed by atoms with E-state index in [0.29, 0.717) is 22.7 Å². The highest BCUT2D eigenvalue weighted by molar-refractivity contribution is 6.30. The molecule has 0 unspecified atom stereocenters. The molecule has 0 saturated carbocycles. The van der Waals surface area contributed by atoms with Crippen LogP contribution in [0.25, 0.3) is 11.3 Å². The molecule has 0 radical (unpaired) electrons. The standard InChI is InChI=1S/C21H20ClFN4O/c1-13-2-3-15(10-18(13)23)21(28)24-17-8-9-27(12-17)20-11-19(25-26-20)14-4-6-16(22)7-5-14/h2-7,10-11,17H,8-9,12H2,1H3,(H,24,28)(H,25,26)/t17-/m1/s1. The van der Waals surface area contributed by atoms with E-state index in [-0.39, 0.29) is 17.8 Å². The number of aromatic nitrogens is 2. The van der Waals surface area contributed by atoms with Crippen molar-refractivity contribution in [3.8, 4) is 11.3 Å². The largest absolute Gasteiger partial charge is 0.353 e. The topological polar surface area (TPSA) is 61.0 Å². The Morgan fingerprint density at radius 1 is 1.25 bits per heavy atom. The lowest BCUT2D eigenvalue weighted by Gasteiger charge is -2.16. The maximum absolute atomic E-state index is 13.7. The molecule has 2 N–H and O–H groups in total. The number of aryl methyl sites for hydroxylation is 1. The molecule has 0 aliphatic carbocycles. The average Bonchev–Trinajstić information content (AvgIpc) is 3.34. The predicted octanol–water partition coefficient (Wildman–Crippen LogP) is 4.19. The van der Waals surface area contributed by atoms with Gasteiger partial charge in [-0.1, -0.05) is 29.8 Å². The van der Waals surface area contributed by atoms with Crippen LogP contribution in [0.1, 0.15) is 22.3 Å². The zero-order chi connectivity index (χ0) is 19.7. The minimum absolute atomic E-state index is 0.00690. The molecule has 1 amide bonds. The molecule has 2 heterocycles. The van der Waals surface area contributed by atoms with Crippen LogP contribution in [-0.4, -0.2) is 35.2 Å². The smallest absolute Gasteiger partial charge is 0.251 e. The van der Waals surface area contributed by atoms with Gasteiger partial charge in [0.05, 0.1) is 5.69 Å². The van der Waals surface area contributed by atoms with E-state index in [0.717, 1.165) is 30.0 Å². The summed E-state index contributed by atoms with van der Waals surface area (Å²) in [6.07, 6.45) is 0.809. The SMILES string of the molecule is Cc1ccc(C(=O)N[C@@H]2CCN(c3cc(-c4ccc(Cl)cc4)[nH]n3)C2)cc1F. The fourth-order valence-electron chi connectivity index (χ4n) is 3.34. The van der Waals surface area contributed by atoms with E-state index >= 15 is 0 Å². The zero-order valence-corrected chi connectivity index (χ0v) is 16.1. The van der Waals surface area contributed by atoms with E-state index in [1.54, 1.807) is 19.1 Å². The molecule has 5 nitrogen and oxygen atoms in total. The molecule has 3 aromatic rings. The average molecular weight is 399 g/mol. The highest BCUT2D eigenvalue weighted by Gasteiger charge is 2.26. The van der Waals surface area contributed by atoms with E-state index in [4.69, 9.17) is 11.6 Å². The second-order valence-electron chi connectivity index (χ2n) is 7.02. The van der Waals surface area contributed by atoms with Gasteiger partial charge in [0.1, 0.15) is 5.82 Å². The van der Waals surface area contributed by atoms with Gasteiger partial charge < -0.3 is 10.2 Å². The number of nitrogens with one attached hydrogen (secondary N) is 2. The summed E-state index contributed by atoms with van der Waals surface area (Å²) in [6.45, 7) is 3.12. The summed E-state index contributed by atoms with van der Waals surface area (Å²) in [5.41, 5.74) is 2.79. The Labute approximate surface area is 167 Å². The van der Waals surface area contributed by atoms with E-state index in [1.807, 2.05) is 30.3 Å².